The van der Waals surface area contributed by atoms with Gasteiger partial charge in [-0.2, -0.15) is 0 Å². The first kappa shape index (κ1) is 17.6. The van der Waals surface area contributed by atoms with Crippen molar-refractivity contribution in [2.24, 2.45) is 0 Å². The third-order valence-electron chi connectivity index (χ3n) is 3.34. The van der Waals surface area contributed by atoms with Crippen molar-refractivity contribution in [2.75, 3.05) is 33.9 Å². The Morgan fingerprint density at radius 1 is 0.952 bits per heavy atom. The highest BCUT2D eigenvalue weighted by Gasteiger charge is 2.12. The van der Waals surface area contributed by atoms with Crippen molar-refractivity contribution in [1.82, 2.24) is 5.32 Å². The van der Waals surface area contributed by atoms with Crippen molar-refractivity contribution < 1.29 is 14.2 Å². The topological polar surface area (TPSA) is 39.7 Å². The summed E-state index contributed by atoms with van der Waals surface area (Å²) in [6, 6.07) is 3.91. The van der Waals surface area contributed by atoms with E-state index in [2.05, 4.69) is 12.2 Å². The molecule has 0 atom stereocenters. The molecule has 0 unspecified atom stereocenters. The van der Waals surface area contributed by atoms with Crippen LogP contribution in [0.15, 0.2) is 12.1 Å². The van der Waals surface area contributed by atoms with Crippen molar-refractivity contribution in [3.8, 4) is 17.2 Å². The molecule has 0 spiro atoms. The fraction of sp³-hybridized carbons (Fsp3) is 0.647. The minimum Gasteiger partial charge on any atom is -0.493 e. The first-order valence-electron chi connectivity index (χ1n) is 7.79. The van der Waals surface area contributed by atoms with E-state index in [-0.39, 0.29) is 0 Å². The monoisotopic (exact) mass is 295 g/mol. The van der Waals surface area contributed by atoms with E-state index in [0.717, 1.165) is 30.2 Å². The van der Waals surface area contributed by atoms with E-state index < -0.39 is 0 Å². The molecule has 0 amide bonds. The minimum absolute atomic E-state index is 0.601. The molecule has 4 nitrogen and oxygen atoms in total. The molecule has 0 fully saturated rings. The Morgan fingerprint density at radius 2 is 1.62 bits per heavy atom. The fourth-order valence-corrected chi connectivity index (χ4v) is 2.18. The van der Waals surface area contributed by atoms with E-state index in [1.54, 1.807) is 14.2 Å². The molecular formula is C17H29NO3. The molecule has 0 aliphatic carbocycles. The number of methoxy groups -OCH3 is 2. The summed E-state index contributed by atoms with van der Waals surface area (Å²) < 4.78 is 16.6. The van der Waals surface area contributed by atoms with E-state index in [4.69, 9.17) is 14.2 Å². The van der Waals surface area contributed by atoms with E-state index >= 15 is 0 Å². The number of benzene rings is 1. The average molecular weight is 295 g/mol. The Morgan fingerprint density at radius 3 is 2.19 bits per heavy atom. The van der Waals surface area contributed by atoms with Crippen molar-refractivity contribution in [1.29, 1.82) is 0 Å². The summed E-state index contributed by atoms with van der Waals surface area (Å²) in [6.45, 7) is 6.71. The standard InChI is InChI=1S/C17H29NO3/c1-5-6-7-8-9-18-10-11-21-17-15(19-3)12-14(2)13-16(17)20-4/h12-13,18H,5-11H2,1-4H3. The van der Waals surface area contributed by atoms with Crippen LogP contribution in [0.25, 0.3) is 0 Å². The van der Waals surface area contributed by atoms with Crippen molar-refractivity contribution in [2.45, 2.75) is 39.5 Å². The van der Waals surface area contributed by atoms with E-state index in [9.17, 15) is 0 Å². The second-order valence-corrected chi connectivity index (χ2v) is 5.16. The van der Waals surface area contributed by atoms with Gasteiger partial charge in [-0.25, -0.2) is 0 Å². The van der Waals surface area contributed by atoms with Gasteiger partial charge >= 0.3 is 0 Å². The molecule has 1 aromatic carbocycles. The lowest BCUT2D eigenvalue weighted by Gasteiger charge is -2.15. The molecule has 0 saturated heterocycles. The Labute approximate surface area is 128 Å². The van der Waals surface area contributed by atoms with Gasteiger partial charge in [0.2, 0.25) is 5.75 Å². The summed E-state index contributed by atoms with van der Waals surface area (Å²) in [5.41, 5.74) is 1.09. The zero-order chi connectivity index (χ0) is 15.5. The smallest absolute Gasteiger partial charge is 0.203 e. The predicted octanol–water partition coefficient (Wildman–Crippen LogP) is 3.56. The lowest BCUT2D eigenvalue weighted by atomic mass is 10.2. The largest absolute Gasteiger partial charge is 0.493 e. The molecule has 0 bridgehead atoms. The Bertz CT molecular complexity index is 382. The number of aryl methyl sites for hydroxylation is 1. The number of rotatable bonds is 11. The number of hydrogen-bond acceptors (Lipinski definition) is 4. The van der Waals surface area contributed by atoms with Gasteiger partial charge in [0.25, 0.3) is 0 Å². The summed E-state index contributed by atoms with van der Waals surface area (Å²) in [5.74, 6) is 2.11. The van der Waals surface area contributed by atoms with Gasteiger partial charge in [0, 0.05) is 6.54 Å². The van der Waals surface area contributed by atoms with E-state index in [0.29, 0.717) is 12.4 Å². The predicted molar refractivity (Wildman–Crippen MR) is 86.8 cm³/mol. The van der Waals surface area contributed by atoms with Crippen LogP contribution in [0.3, 0.4) is 0 Å². The fourth-order valence-electron chi connectivity index (χ4n) is 2.18. The number of hydrogen-bond donors (Lipinski definition) is 1. The van der Waals surface area contributed by atoms with Crippen LogP contribution in [-0.2, 0) is 0 Å². The lowest BCUT2D eigenvalue weighted by molar-refractivity contribution is 0.273. The average Bonchev–Trinajstić information content (AvgIpc) is 2.50. The van der Waals surface area contributed by atoms with Gasteiger partial charge in [0.15, 0.2) is 11.5 Å². The summed E-state index contributed by atoms with van der Waals surface area (Å²) in [7, 11) is 3.29. The van der Waals surface area contributed by atoms with Gasteiger partial charge in [-0.15, -0.1) is 0 Å². The molecule has 0 aromatic heterocycles. The number of unbranched alkanes of at least 4 members (excludes halogenated alkanes) is 3. The molecule has 1 aromatic rings. The van der Waals surface area contributed by atoms with Crippen LogP contribution in [0, 0.1) is 6.92 Å². The number of nitrogens with one attached hydrogen (secondary N) is 1. The summed E-state index contributed by atoms with van der Waals surface area (Å²) in [6.07, 6.45) is 5.11. The van der Waals surface area contributed by atoms with Crippen molar-refractivity contribution >= 4 is 0 Å². The SMILES string of the molecule is CCCCCCNCCOc1c(OC)cc(C)cc1OC. The van der Waals surface area contributed by atoms with Gasteiger partial charge in [-0.05, 0) is 37.6 Å². The zero-order valence-electron chi connectivity index (χ0n) is 13.8. The number of ether oxygens (including phenoxy) is 3. The quantitative estimate of drug-likeness (QED) is 0.634. The summed E-state index contributed by atoms with van der Waals surface area (Å²) in [4.78, 5) is 0. The highest BCUT2D eigenvalue weighted by Crippen LogP contribution is 2.38. The maximum absolute atomic E-state index is 5.82. The van der Waals surface area contributed by atoms with Crippen LogP contribution in [0.5, 0.6) is 17.2 Å². The highest BCUT2D eigenvalue weighted by molar-refractivity contribution is 5.53. The molecular weight excluding hydrogens is 266 g/mol. The zero-order valence-corrected chi connectivity index (χ0v) is 13.8. The van der Waals surface area contributed by atoms with Crippen LogP contribution < -0.4 is 19.5 Å². The molecule has 0 saturated carbocycles. The van der Waals surface area contributed by atoms with Crippen molar-refractivity contribution in [3.63, 3.8) is 0 Å². The Kier molecular flexibility index (Phi) is 8.67. The molecule has 21 heavy (non-hydrogen) atoms. The highest BCUT2D eigenvalue weighted by atomic mass is 16.5. The van der Waals surface area contributed by atoms with Gasteiger partial charge < -0.3 is 19.5 Å². The summed E-state index contributed by atoms with van der Waals surface area (Å²) >= 11 is 0. The Balaban J connectivity index is 2.37. The third kappa shape index (κ3) is 6.25. The van der Waals surface area contributed by atoms with Crippen LogP contribution in [0.1, 0.15) is 38.2 Å². The molecule has 0 heterocycles. The van der Waals surface area contributed by atoms with Gasteiger partial charge in [0.1, 0.15) is 6.61 Å². The molecule has 4 heteroatoms. The normalized spacial score (nSPS) is 10.5. The van der Waals surface area contributed by atoms with Crippen LogP contribution >= 0.6 is 0 Å². The lowest BCUT2D eigenvalue weighted by Crippen LogP contribution is -2.22. The minimum atomic E-state index is 0.601. The van der Waals surface area contributed by atoms with Crippen molar-refractivity contribution in [3.05, 3.63) is 17.7 Å². The van der Waals surface area contributed by atoms with Gasteiger partial charge in [-0.3, -0.25) is 0 Å². The van der Waals surface area contributed by atoms with Crippen LogP contribution in [0.4, 0.5) is 0 Å². The van der Waals surface area contributed by atoms with Gasteiger partial charge in [0.05, 0.1) is 14.2 Å². The molecule has 1 N–H and O–H groups in total. The molecule has 0 aliphatic rings. The first-order chi connectivity index (χ1) is 10.2. The van der Waals surface area contributed by atoms with E-state index in [1.165, 1.54) is 25.7 Å². The molecule has 0 aliphatic heterocycles. The van der Waals surface area contributed by atoms with Gasteiger partial charge in [-0.1, -0.05) is 26.2 Å². The van der Waals surface area contributed by atoms with Crippen LogP contribution in [-0.4, -0.2) is 33.9 Å². The first-order valence-corrected chi connectivity index (χ1v) is 7.79. The van der Waals surface area contributed by atoms with Crippen LogP contribution in [0.2, 0.25) is 0 Å². The third-order valence-corrected chi connectivity index (χ3v) is 3.34. The second-order valence-electron chi connectivity index (χ2n) is 5.16. The molecule has 120 valence electrons. The second kappa shape index (κ2) is 10.3. The summed E-state index contributed by atoms with van der Waals surface area (Å²) in [5, 5.41) is 3.39. The maximum Gasteiger partial charge on any atom is 0.203 e. The molecule has 0 radical (unpaired) electrons. The Hall–Kier alpha value is -1.42. The maximum atomic E-state index is 5.82. The van der Waals surface area contributed by atoms with E-state index in [1.807, 2.05) is 19.1 Å². The molecule has 1 rings (SSSR count).